The highest BCUT2D eigenvalue weighted by molar-refractivity contribution is 7.99. The van der Waals surface area contributed by atoms with Gasteiger partial charge in [0, 0.05) is 49.5 Å². The molecule has 7 nitrogen and oxygen atoms in total. The van der Waals surface area contributed by atoms with E-state index in [0.29, 0.717) is 10.7 Å². The third-order valence-electron chi connectivity index (χ3n) is 7.81. The van der Waals surface area contributed by atoms with Crippen molar-refractivity contribution in [2.75, 3.05) is 43.5 Å². The Balaban J connectivity index is 1.22. The Hall–Kier alpha value is -1.87. The minimum atomic E-state index is -0.213. The van der Waals surface area contributed by atoms with Gasteiger partial charge in [-0.2, -0.15) is 4.98 Å². The molecule has 0 bridgehead atoms. The SMILES string of the molecule is CC1SCN(Cc2ccc(-n3ccc(N4CCC5(CCNCC5)CC4)nc3=O)cc2)CC1N. The highest BCUT2D eigenvalue weighted by atomic mass is 32.2. The van der Waals surface area contributed by atoms with Crippen LogP contribution in [0.4, 0.5) is 5.82 Å². The molecule has 2 atom stereocenters. The van der Waals surface area contributed by atoms with Crippen LogP contribution in [0.15, 0.2) is 41.3 Å². The molecule has 0 saturated carbocycles. The maximum atomic E-state index is 12.8. The van der Waals surface area contributed by atoms with Crippen LogP contribution in [0.3, 0.4) is 0 Å². The number of hydrogen-bond donors (Lipinski definition) is 2. The van der Waals surface area contributed by atoms with Crippen molar-refractivity contribution in [3.8, 4) is 5.69 Å². The first kappa shape index (κ1) is 22.9. The zero-order valence-corrected chi connectivity index (χ0v) is 20.4. The molecule has 3 saturated heterocycles. The predicted molar refractivity (Wildman–Crippen MR) is 136 cm³/mol. The number of rotatable bonds is 4. The summed E-state index contributed by atoms with van der Waals surface area (Å²) in [5, 5.41) is 3.99. The van der Waals surface area contributed by atoms with Crippen molar-refractivity contribution in [1.29, 1.82) is 0 Å². The first-order chi connectivity index (χ1) is 16.0. The van der Waals surface area contributed by atoms with E-state index in [1.807, 2.05) is 36.2 Å². The largest absolute Gasteiger partial charge is 0.356 e. The quantitative estimate of drug-likeness (QED) is 0.713. The average molecular weight is 469 g/mol. The number of hydrogen-bond acceptors (Lipinski definition) is 7. The fraction of sp³-hybridized carbons (Fsp3) is 0.600. The number of nitrogens with one attached hydrogen (secondary N) is 1. The number of benzene rings is 1. The molecule has 1 aromatic heterocycles. The molecule has 2 aromatic rings. The molecule has 2 unspecified atom stereocenters. The van der Waals surface area contributed by atoms with E-state index in [1.165, 1.54) is 31.2 Å². The highest BCUT2D eigenvalue weighted by Gasteiger charge is 2.35. The van der Waals surface area contributed by atoms with Gasteiger partial charge in [-0.25, -0.2) is 4.79 Å². The molecule has 3 fully saturated rings. The Morgan fingerprint density at radius 1 is 1.12 bits per heavy atom. The van der Waals surface area contributed by atoms with Gasteiger partial charge in [0.05, 0.1) is 5.69 Å². The summed E-state index contributed by atoms with van der Waals surface area (Å²) < 4.78 is 1.64. The Morgan fingerprint density at radius 2 is 1.85 bits per heavy atom. The molecular weight excluding hydrogens is 432 g/mol. The van der Waals surface area contributed by atoms with Crippen LogP contribution in [0.1, 0.15) is 38.2 Å². The Kier molecular flexibility index (Phi) is 6.79. The second-order valence-electron chi connectivity index (χ2n) is 10.0. The zero-order valence-electron chi connectivity index (χ0n) is 19.6. The van der Waals surface area contributed by atoms with Crippen LogP contribution in [-0.2, 0) is 6.54 Å². The molecular formula is C25H36N6OS. The number of aromatic nitrogens is 2. The minimum absolute atomic E-state index is 0.213. The molecule has 0 amide bonds. The van der Waals surface area contributed by atoms with Crippen LogP contribution in [-0.4, -0.2) is 64.3 Å². The fourth-order valence-electron chi connectivity index (χ4n) is 5.41. The van der Waals surface area contributed by atoms with Crippen LogP contribution in [0.25, 0.3) is 5.69 Å². The van der Waals surface area contributed by atoms with Gasteiger partial charge in [0.25, 0.3) is 0 Å². The lowest BCUT2D eigenvalue weighted by atomic mass is 9.71. The van der Waals surface area contributed by atoms with Crippen LogP contribution < -0.4 is 21.6 Å². The second kappa shape index (κ2) is 9.78. The van der Waals surface area contributed by atoms with E-state index in [0.717, 1.165) is 56.7 Å². The molecule has 4 heterocycles. The molecule has 178 valence electrons. The van der Waals surface area contributed by atoms with E-state index in [-0.39, 0.29) is 11.7 Å². The lowest BCUT2D eigenvalue weighted by Gasteiger charge is -2.44. The number of anilines is 1. The van der Waals surface area contributed by atoms with E-state index in [2.05, 4.69) is 39.2 Å². The third kappa shape index (κ3) is 5.14. The van der Waals surface area contributed by atoms with E-state index >= 15 is 0 Å². The van der Waals surface area contributed by atoms with Crippen molar-refractivity contribution in [3.05, 3.63) is 52.6 Å². The summed E-state index contributed by atoms with van der Waals surface area (Å²) in [5.41, 5.74) is 8.60. The lowest BCUT2D eigenvalue weighted by molar-refractivity contribution is 0.154. The summed E-state index contributed by atoms with van der Waals surface area (Å²) in [6.07, 6.45) is 6.81. The summed E-state index contributed by atoms with van der Waals surface area (Å²) in [4.78, 5) is 21.9. The highest BCUT2D eigenvalue weighted by Crippen LogP contribution is 2.40. The maximum Gasteiger partial charge on any atom is 0.354 e. The topological polar surface area (TPSA) is 79.4 Å². The average Bonchev–Trinajstić information content (AvgIpc) is 2.83. The molecule has 33 heavy (non-hydrogen) atoms. The van der Waals surface area contributed by atoms with E-state index in [1.54, 1.807) is 4.57 Å². The zero-order chi connectivity index (χ0) is 22.8. The van der Waals surface area contributed by atoms with Gasteiger partial charge in [-0.3, -0.25) is 9.47 Å². The van der Waals surface area contributed by atoms with E-state index in [9.17, 15) is 4.79 Å². The first-order valence-corrected chi connectivity index (χ1v) is 13.3. The van der Waals surface area contributed by atoms with Crippen molar-refractivity contribution in [2.24, 2.45) is 11.1 Å². The normalized spacial score (nSPS) is 25.9. The van der Waals surface area contributed by atoms with Gasteiger partial charge >= 0.3 is 5.69 Å². The van der Waals surface area contributed by atoms with Gasteiger partial charge in [-0.15, -0.1) is 11.8 Å². The molecule has 1 spiro atoms. The van der Waals surface area contributed by atoms with Crippen LogP contribution in [0.5, 0.6) is 0 Å². The first-order valence-electron chi connectivity index (χ1n) is 12.3. The van der Waals surface area contributed by atoms with Gasteiger partial charge in [0.2, 0.25) is 0 Å². The number of piperidine rings is 2. The number of nitrogens with zero attached hydrogens (tertiary/aromatic N) is 4. The van der Waals surface area contributed by atoms with Gasteiger partial charge in [-0.1, -0.05) is 19.1 Å². The van der Waals surface area contributed by atoms with E-state index < -0.39 is 0 Å². The van der Waals surface area contributed by atoms with Crippen molar-refractivity contribution in [3.63, 3.8) is 0 Å². The number of thioether (sulfide) groups is 1. The Bertz CT molecular complexity index is 993. The van der Waals surface area contributed by atoms with Gasteiger partial charge in [0.15, 0.2) is 0 Å². The van der Waals surface area contributed by atoms with E-state index in [4.69, 9.17) is 5.73 Å². The lowest BCUT2D eigenvalue weighted by Crippen LogP contribution is -2.47. The second-order valence-corrected chi connectivity index (χ2v) is 11.4. The molecule has 3 aliphatic rings. The van der Waals surface area contributed by atoms with Crippen molar-refractivity contribution < 1.29 is 0 Å². The van der Waals surface area contributed by atoms with Crippen LogP contribution >= 0.6 is 11.8 Å². The summed E-state index contributed by atoms with van der Waals surface area (Å²) >= 11 is 1.92. The molecule has 8 heteroatoms. The maximum absolute atomic E-state index is 12.8. The molecule has 3 aliphatic heterocycles. The van der Waals surface area contributed by atoms with Crippen LogP contribution in [0, 0.1) is 5.41 Å². The van der Waals surface area contributed by atoms with Crippen LogP contribution in [0.2, 0.25) is 0 Å². The van der Waals surface area contributed by atoms with Crippen molar-refractivity contribution >= 4 is 17.6 Å². The Labute approximate surface area is 200 Å². The summed E-state index contributed by atoms with van der Waals surface area (Å²) in [5.74, 6) is 1.82. The van der Waals surface area contributed by atoms with Gasteiger partial charge in [0.1, 0.15) is 5.82 Å². The van der Waals surface area contributed by atoms with Gasteiger partial charge in [-0.05, 0) is 68.0 Å². The summed E-state index contributed by atoms with van der Waals surface area (Å²) in [6, 6.07) is 10.4. The molecule has 0 radical (unpaired) electrons. The Morgan fingerprint density at radius 3 is 2.52 bits per heavy atom. The van der Waals surface area contributed by atoms with Crippen molar-refractivity contribution in [2.45, 2.75) is 50.4 Å². The smallest absolute Gasteiger partial charge is 0.354 e. The molecule has 0 aliphatic carbocycles. The fourth-order valence-corrected chi connectivity index (χ4v) is 6.39. The number of nitrogens with two attached hydrogens (primary N) is 1. The monoisotopic (exact) mass is 468 g/mol. The molecule has 1 aromatic carbocycles. The predicted octanol–water partition coefficient (Wildman–Crippen LogP) is 2.42. The molecule has 3 N–H and O–H groups in total. The third-order valence-corrected chi connectivity index (χ3v) is 9.20. The molecule has 5 rings (SSSR count). The van der Waals surface area contributed by atoms with Crippen molar-refractivity contribution in [1.82, 2.24) is 19.8 Å². The summed E-state index contributed by atoms with van der Waals surface area (Å²) in [7, 11) is 0. The van der Waals surface area contributed by atoms with Gasteiger partial charge < -0.3 is 16.0 Å². The standard InChI is InChI=1S/C25H36N6OS/c1-19-22(26)17-29(18-33-19)16-20-2-4-21(5-3-20)31-13-6-23(28-24(31)32)30-14-9-25(10-15-30)7-11-27-12-8-25/h2-6,13,19,22,27H,7-12,14-18,26H2,1H3. The minimum Gasteiger partial charge on any atom is -0.356 e. The summed E-state index contributed by atoms with van der Waals surface area (Å²) in [6.45, 7) is 8.26.